The lowest BCUT2D eigenvalue weighted by Gasteiger charge is -2.24. The Hall–Kier alpha value is -3.16. The lowest BCUT2D eigenvalue weighted by atomic mass is 9.88. The minimum absolute atomic E-state index is 0.00485. The Morgan fingerprint density at radius 1 is 1.12 bits per heavy atom. The van der Waals surface area contributed by atoms with E-state index in [0.29, 0.717) is 5.82 Å². The maximum Gasteiger partial charge on any atom is 0.410 e. The highest BCUT2D eigenvalue weighted by Crippen LogP contribution is 2.27. The molecule has 0 aliphatic carbocycles. The van der Waals surface area contributed by atoms with Crippen molar-refractivity contribution in [2.75, 3.05) is 18.4 Å². The van der Waals surface area contributed by atoms with Gasteiger partial charge >= 0.3 is 6.09 Å². The van der Waals surface area contributed by atoms with Crippen LogP contribution in [0.15, 0.2) is 42.7 Å². The largest absolute Gasteiger partial charge is 0.444 e. The lowest BCUT2D eigenvalue weighted by Crippen LogP contribution is -2.36. The summed E-state index contributed by atoms with van der Waals surface area (Å²) in [5.74, 6) is 0.549. The number of anilines is 1. The van der Waals surface area contributed by atoms with E-state index in [2.05, 4.69) is 43.3 Å². The fourth-order valence-electron chi connectivity index (χ4n) is 3.84. The Bertz CT molecular complexity index is 1160. The predicted octanol–water partition coefficient (Wildman–Crippen LogP) is 5.06. The van der Waals surface area contributed by atoms with Crippen LogP contribution in [0.4, 0.5) is 15.0 Å². The zero-order chi connectivity index (χ0) is 24.0. The van der Waals surface area contributed by atoms with Crippen LogP contribution in [0.3, 0.4) is 0 Å². The first kappa shape index (κ1) is 23.0. The molecule has 1 amide bonds. The van der Waals surface area contributed by atoms with Crippen LogP contribution in [0.2, 0.25) is 0 Å². The molecule has 1 aliphatic heterocycles. The van der Waals surface area contributed by atoms with Gasteiger partial charge in [0, 0.05) is 12.7 Å². The molecule has 176 valence electrons. The number of carbonyl (C=O) groups is 1. The highest BCUT2D eigenvalue weighted by Gasteiger charge is 2.37. The van der Waals surface area contributed by atoms with Crippen molar-refractivity contribution in [1.82, 2.24) is 19.3 Å². The van der Waals surface area contributed by atoms with Crippen LogP contribution >= 0.6 is 0 Å². The Morgan fingerprint density at radius 2 is 1.88 bits per heavy atom. The van der Waals surface area contributed by atoms with Crippen molar-refractivity contribution in [3.8, 4) is 11.4 Å². The van der Waals surface area contributed by atoms with Crippen molar-refractivity contribution in [3.63, 3.8) is 0 Å². The summed E-state index contributed by atoms with van der Waals surface area (Å²) in [4.78, 5) is 22.9. The summed E-state index contributed by atoms with van der Waals surface area (Å²) in [6.07, 6.45) is 2.17. The van der Waals surface area contributed by atoms with Gasteiger partial charge in [-0.25, -0.2) is 19.2 Å². The Labute approximate surface area is 194 Å². The molecule has 1 saturated heterocycles. The van der Waals surface area contributed by atoms with Gasteiger partial charge < -0.3 is 15.0 Å². The van der Waals surface area contributed by atoms with Crippen LogP contribution in [-0.2, 0) is 10.2 Å². The molecule has 33 heavy (non-hydrogen) atoms. The summed E-state index contributed by atoms with van der Waals surface area (Å²) >= 11 is 0. The number of ether oxygens (including phenoxy) is 1. The average molecular weight is 454 g/mol. The molecular formula is C25H32FN5O2. The van der Waals surface area contributed by atoms with Gasteiger partial charge in [-0.15, -0.1) is 0 Å². The summed E-state index contributed by atoms with van der Waals surface area (Å²) in [7, 11) is 0. The van der Waals surface area contributed by atoms with E-state index in [1.807, 2.05) is 22.6 Å². The van der Waals surface area contributed by atoms with Gasteiger partial charge in [-0.1, -0.05) is 32.9 Å². The standard InChI is InChI=1S/C25H32FN5O2/c1-24(2,3)16-10-11-22-27-12-20(31(22)13-16)18-8-7-9-21(28-18)29-19-15-30(14-17(19)26)23(32)33-25(4,5)6/h7-13,17,19H,14-15H2,1-6H3,(H,28,29)/t17-,19-/m0/s1. The van der Waals surface area contributed by atoms with Gasteiger partial charge in [-0.05, 0) is 49.9 Å². The molecule has 4 heterocycles. The van der Waals surface area contributed by atoms with Gasteiger partial charge in [0.25, 0.3) is 0 Å². The van der Waals surface area contributed by atoms with Crippen molar-refractivity contribution >= 4 is 17.6 Å². The molecule has 0 radical (unpaired) electrons. The first-order chi connectivity index (χ1) is 15.4. The number of fused-ring (bicyclic) bond motifs is 1. The Kier molecular flexibility index (Phi) is 5.80. The number of carbonyl (C=O) groups excluding carboxylic acids is 1. The number of imidazole rings is 1. The smallest absolute Gasteiger partial charge is 0.410 e. The number of nitrogens with zero attached hydrogens (tertiary/aromatic N) is 4. The topological polar surface area (TPSA) is 71.8 Å². The number of pyridine rings is 2. The lowest BCUT2D eigenvalue weighted by molar-refractivity contribution is 0.0283. The molecule has 2 atom stereocenters. The molecule has 3 aromatic heterocycles. The number of alkyl halides is 1. The SMILES string of the molecule is CC(C)(C)OC(=O)N1C[C@H](Nc2cccc(-c3cnc4ccc(C(C)(C)C)cn34)n2)[C@@H](F)C1. The number of halogens is 1. The second-order valence-corrected chi connectivity index (χ2v) is 10.6. The van der Waals surface area contributed by atoms with E-state index >= 15 is 0 Å². The van der Waals surface area contributed by atoms with Crippen LogP contribution in [0.1, 0.15) is 47.1 Å². The molecular weight excluding hydrogens is 421 g/mol. The van der Waals surface area contributed by atoms with Gasteiger partial charge in [0.15, 0.2) is 0 Å². The minimum atomic E-state index is -1.21. The monoisotopic (exact) mass is 453 g/mol. The number of hydrogen-bond donors (Lipinski definition) is 1. The number of aromatic nitrogens is 3. The molecule has 0 spiro atoms. The summed E-state index contributed by atoms with van der Waals surface area (Å²) in [5.41, 5.74) is 3.01. The fraction of sp³-hybridized carbons (Fsp3) is 0.480. The molecule has 1 N–H and O–H groups in total. The van der Waals surface area contributed by atoms with E-state index in [4.69, 9.17) is 9.72 Å². The first-order valence-corrected chi connectivity index (χ1v) is 11.2. The van der Waals surface area contributed by atoms with E-state index in [0.717, 1.165) is 17.0 Å². The van der Waals surface area contributed by atoms with Gasteiger partial charge in [0.1, 0.15) is 23.2 Å². The molecule has 0 saturated carbocycles. The average Bonchev–Trinajstić information content (AvgIpc) is 3.29. The van der Waals surface area contributed by atoms with Crippen molar-refractivity contribution < 1.29 is 13.9 Å². The quantitative estimate of drug-likeness (QED) is 0.600. The Morgan fingerprint density at radius 3 is 2.58 bits per heavy atom. The van der Waals surface area contributed by atoms with Crippen molar-refractivity contribution in [2.45, 2.75) is 64.8 Å². The van der Waals surface area contributed by atoms with E-state index in [9.17, 15) is 9.18 Å². The molecule has 1 aliphatic rings. The second-order valence-electron chi connectivity index (χ2n) is 10.6. The molecule has 3 aromatic rings. The highest BCUT2D eigenvalue weighted by molar-refractivity contribution is 5.69. The zero-order valence-electron chi connectivity index (χ0n) is 20.1. The van der Waals surface area contributed by atoms with Crippen molar-refractivity contribution in [2.24, 2.45) is 0 Å². The number of likely N-dealkylation sites (tertiary alicyclic amines) is 1. The third-order valence-electron chi connectivity index (χ3n) is 5.62. The van der Waals surface area contributed by atoms with Crippen molar-refractivity contribution in [1.29, 1.82) is 0 Å². The first-order valence-electron chi connectivity index (χ1n) is 11.2. The van der Waals surface area contributed by atoms with E-state index in [-0.39, 0.29) is 18.5 Å². The summed E-state index contributed by atoms with van der Waals surface area (Å²) in [6.45, 7) is 12.1. The van der Waals surface area contributed by atoms with Crippen LogP contribution in [-0.4, -0.2) is 56.3 Å². The van der Waals surface area contributed by atoms with Gasteiger partial charge in [-0.2, -0.15) is 0 Å². The number of amides is 1. The highest BCUT2D eigenvalue weighted by atomic mass is 19.1. The maximum atomic E-state index is 14.7. The number of rotatable bonds is 3. The van der Waals surface area contributed by atoms with E-state index in [1.165, 1.54) is 10.5 Å². The molecule has 8 heteroatoms. The summed E-state index contributed by atoms with van der Waals surface area (Å²) in [5, 5.41) is 3.16. The van der Waals surface area contributed by atoms with Crippen molar-refractivity contribution in [3.05, 3.63) is 48.3 Å². The third kappa shape index (κ3) is 5.10. The van der Waals surface area contributed by atoms with Gasteiger partial charge in [0.2, 0.25) is 0 Å². The molecule has 4 rings (SSSR count). The Balaban J connectivity index is 1.54. The zero-order valence-corrected chi connectivity index (χ0v) is 20.1. The number of hydrogen-bond acceptors (Lipinski definition) is 5. The molecule has 0 bridgehead atoms. The summed E-state index contributed by atoms with van der Waals surface area (Å²) < 4.78 is 22.1. The normalized spacial score (nSPS) is 19.2. The third-order valence-corrected chi connectivity index (χ3v) is 5.62. The van der Waals surface area contributed by atoms with Crippen LogP contribution in [0.25, 0.3) is 17.0 Å². The molecule has 7 nitrogen and oxygen atoms in total. The van der Waals surface area contributed by atoms with Crippen LogP contribution < -0.4 is 5.32 Å². The van der Waals surface area contributed by atoms with Gasteiger partial charge in [-0.3, -0.25) is 4.40 Å². The molecule has 0 unspecified atom stereocenters. The second kappa shape index (κ2) is 8.32. The van der Waals surface area contributed by atoms with Crippen LogP contribution in [0, 0.1) is 0 Å². The molecule has 1 fully saturated rings. The van der Waals surface area contributed by atoms with E-state index in [1.54, 1.807) is 33.0 Å². The van der Waals surface area contributed by atoms with E-state index < -0.39 is 23.9 Å². The van der Waals surface area contributed by atoms with Crippen LogP contribution in [0.5, 0.6) is 0 Å². The summed E-state index contributed by atoms with van der Waals surface area (Å²) in [6, 6.07) is 9.13. The number of nitrogens with one attached hydrogen (secondary N) is 1. The van der Waals surface area contributed by atoms with Gasteiger partial charge in [0.05, 0.1) is 30.2 Å². The predicted molar refractivity (Wildman–Crippen MR) is 127 cm³/mol. The minimum Gasteiger partial charge on any atom is -0.444 e. The molecule has 0 aromatic carbocycles. The maximum absolute atomic E-state index is 14.7. The fourth-order valence-corrected chi connectivity index (χ4v) is 3.84.